The molecule has 0 saturated heterocycles. The molecule has 1 heterocycles. The summed E-state index contributed by atoms with van der Waals surface area (Å²) in [5.41, 5.74) is 8.17. The molecule has 21 heavy (non-hydrogen) atoms. The second-order valence-corrected chi connectivity index (χ2v) is 4.22. The number of aromatic nitrogens is 2. The SMILES string of the molecule is CCN/C=C(\C=N)C(=N)c1cc(-c2nnco2)ccc1N. The zero-order valence-electron chi connectivity index (χ0n) is 11.6. The van der Waals surface area contributed by atoms with Gasteiger partial charge in [0.15, 0.2) is 0 Å². The highest BCUT2D eigenvalue weighted by Gasteiger charge is 2.13. The van der Waals surface area contributed by atoms with Crippen LogP contribution in [0.15, 0.2) is 40.8 Å². The van der Waals surface area contributed by atoms with Crippen LogP contribution in [0.25, 0.3) is 11.5 Å². The lowest BCUT2D eigenvalue weighted by atomic mass is 9.99. The molecule has 0 amide bonds. The average Bonchev–Trinajstić information content (AvgIpc) is 3.02. The van der Waals surface area contributed by atoms with Gasteiger partial charge in [-0.15, -0.1) is 10.2 Å². The van der Waals surface area contributed by atoms with Crippen LogP contribution in [0.1, 0.15) is 12.5 Å². The molecule has 1 aromatic heterocycles. The smallest absolute Gasteiger partial charge is 0.247 e. The van der Waals surface area contributed by atoms with Crippen LogP contribution in [0.4, 0.5) is 5.69 Å². The van der Waals surface area contributed by atoms with Crippen LogP contribution in [-0.2, 0) is 0 Å². The van der Waals surface area contributed by atoms with E-state index in [9.17, 15) is 0 Å². The first-order valence-corrected chi connectivity index (χ1v) is 6.36. The molecule has 1 aromatic carbocycles. The molecule has 0 radical (unpaired) electrons. The van der Waals surface area contributed by atoms with Crippen LogP contribution in [0, 0.1) is 10.8 Å². The molecule has 0 bridgehead atoms. The third-order valence-electron chi connectivity index (χ3n) is 2.84. The summed E-state index contributed by atoms with van der Waals surface area (Å²) in [4.78, 5) is 0. The van der Waals surface area contributed by atoms with Crippen LogP contribution in [0.5, 0.6) is 0 Å². The molecular weight excluding hydrogens is 268 g/mol. The maximum atomic E-state index is 8.22. The molecule has 108 valence electrons. The van der Waals surface area contributed by atoms with Gasteiger partial charge in [-0.05, 0) is 25.1 Å². The first kappa shape index (κ1) is 14.4. The largest absolute Gasteiger partial charge is 0.423 e. The van der Waals surface area contributed by atoms with Gasteiger partial charge in [0.2, 0.25) is 12.3 Å². The quantitative estimate of drug-likeness (QED) is 0.475. The molecule has 0 saturated carbocycles. The number of anilines is 1. The average molecular weight is 284 g/mol. The van der Waals surface area contributed by atoms with E-state index >= 15 is 0 Å². The molecule has 5 N–H and O–H groups in total. The van der Waals surface area contributed by atoms with E-state index in [0.29, 0.717) is 34.8 Å². The molecule has 0 aliphatic carbocycles. The van der Waals surface area contributed by atoms with Crippen LogP contribution in [0.2, 0.25) is 0 Å². The van der Waals surface area contributed by atoms with Crippen molar-refractivity contribution in [3.05, 3.63) is 41.9 Å². The van der Waals surface area contributed by atoms with E-state index in [1.165, 1.54) is 6.39 Å². The monoisotopic (exact) mass is 284 g/mol. The van der Waals surface area contributed by atoms with Crippen molar-refractivity contribution in [2.45, 2.75) is 6.92 Å². The van der Waals surface area contributed by atoms with Gasteiger partial charge in [-0.3, -0.25) is 5.41 Å². The number of nitrogens with zero attached hydrogens (tertiary/aromatic N) is 2. The maximum absolute atomic E-state index is 8.22. The topological polar surface area (TPSA) is 125 Å². The summed E-state index contributed by atoms with van der Waals surface area (Å²) in [6, 6.07) is 5.13. The lowest BCUT2D eigenvalue weighted by Gasteiger charge is -2.09. The van der Waals surface area contributed by atoms with E-state index in [1.54, 1.807) is 24.4 Å². The summed E-state index contributed by atoms with van der Waals surface area (Å²) in [6.45, 7) is 2.65. The number of nitrogens with two attached hydrogens (primary N) is 1. The standard InChI is InChI=1S/C14H16N6O/c1-2-18-7-10(6-15)13(17)11-5-9(3-4-12(11)16)14-20-19-8-21-14/h3-8,15,17-18H,2,16H2,1H3/b10-7+,15-6?,17-13?. The molecular formula is C14H16N6O. The maximum Gasteiger partial charge on any atom is 0.247 e. The van der Waals surface area contributed by atoms with Gasteiger partial charge in [-0.1, -0.05) is 0 Å². The third-order valence-corrected chi connectivity index (χ3v) is 2.84. The molecule has 0 fully saturated rings. The summed E-state index contributed by atoms with van der Waals surface area (Å²) in [5.74, 6) is 0.358. The highest BCUT2D eigenvalue weighted by Crippen LogP contribution is 2.23. The molecule has 7 nitrogen and oxygen atoms in total. The van der Waals surface area contributed by atoms with Crippen molar-refractivity contribution in [3.63, 3.8) is 0 Å². The Morgan fingerprint density at radius 3 is 2.90 bits per heavy atom. The van der Waals surface area contributed by atoms with E-state index < -0.39 is 0 Å². The Balaban J connectivity index is 2.41. The number of nitrogen functional groups attached to an aromatic ring is 1. The number of hydrogen-bond acceptors (Lipinski definition) is 7. The van der Waals surface area contributed by atoms with Gasteiger partial charge in [-0.25, -0.2) is 0 Å². The van der Waals surface area contributed by atoms with E-state index in [2.05, 4.69) is 15.5 Å². The van der Waals surface area contributed by atoms with Crippen molar-refractivity contribution >= 4 is 17.6 Å². The molecule has 2 rings (SSSR count). The summed E-state index contributed by atoms with van der Waals surface area (Å²) in [7, 11) is 0. The first-order valence-electron chi connectivity index (χ1n) is 6.36. The van der Waals surface area contributed by atoms with E-state index in [1.807, 2.05) is 6.92 Å². The van der Waals surface area contributed by atoms with Crippen molar-refractivity contribution < 1.29 is 4.42 Å². The number of hydrogen-bond donors (Lipinski definition) is 4. The predicted molar refractivity (Wildman–Crippen MR) is 81.5 cm³/mol. The Kier molecular flexibility index (Phi) is 4.45. The summed E-state index contributed by atoms with van der Waals surface area (Å²) in [5, 5.41) is 26.1. The summed E-state index contributed by atoms with van der Waals surface area (Å²) >= 11 is 0. The minimum atomic E-state index is 0.157. The fourth-order valence-electron chi connectivity index (χ4n) is 1.76. The third kappa shape index (κ3) is 3.14. The van der Waals surface area contributed by atoms with E-state index in [-0.39, 0.29) is 5.71 Å². The van der Waals surface area contributed by atoms with Crippen LogP contribution >= 0.6 is 0 Å². The van der Waals surface area contributed by atoms with Gasteiger partial charge in [0.25, 0.3) is 0 Å². The number of benzene rings is 1. The molecule has 2 aromatic rings. The minimum Gasteiger partial charge on any atom is -0.423 e. The molecule has 0 unspecified atom stereocenters. The van der Waals surface area contributed by atoms with Crippen molar-refractivity contribution in [2.24, 2.45) is 0 Å². The Bertz CT molecular complexity index is 675. The molecule has 0 aliphatic rings. The van der Waals surface area contributed by atoms with Gasteiger partial charge in [0, 0.05) is 41.3 Å². The van der Waals surface area contributed by atoms with Gasteiger partial charge < -0.3 is 20.9 Å². The summed E-state index contributed by atoms with van der Waals surface area (Å²) in [6.07, 6.45) is 3.97. The zero-order chi connectivity index (χ0) is 15.2. The highest BCUT2D eigenvalue weighted by molar-refractivity contribution is 6.24. The Labute approximate surface area is 121 Å². The molecule has 0 atom stereocenters. The highest BCUT2D eigenvalue weighted by atomic mass is 16.4. The van der Waals surface area contributed by atoms with Crippen LogP contribution in [-0.4, -0.2) is 28.7 Å². The predicted octanol–water partition coefficient (Wildman–Crippen LogP) is 1.83. The van der Waals surface area contributed by atoms with Crippen LogP contribution in [0.3, 0.4) is 0 Å². The minimum absolute atomic E-state index is 0.157. The van der Waals surface area contributed by atoms with E-state index in [0.717, 1.165) is 6.21 Å². The molecule has 0 aliphatic heterocycles. The second kappa shape index (κ2) is 6.47. The molecule has 0 spiro atoms. The van der Waals surface area contributed by atoms with Crippen molar-refractivity contribution in [2.75, 3.05) is 12.3 Å². The number of rotatable bonds is 6. The van der Waals surface area contributed by atoms with Gasteiger partial charge in [0.05, 0.1) is 5.71 Å². The van der Waals surface area contributed by atoms with E-state index in [4.69, 9.17) is 21.0 Å². The number of allylic oxidation sites excluding steroid dienone is 1. The first-order chi connectivity index (χ1) is 10.2. The Morgan fingerprint density at radius 2 is 2.29 bits per heavy atom. The fraction of sp³-hybridized carbons (Fsp3) is 0.143. The van der Waals surface area contributed by atoms with Crippen molar-refractivity contribution in [1.82, 2.24) is 15.5 Å². The van der Waals surface area contributed by atoms with Crippen LogP contribution < -0.4 is 11.1 Å². The Hall–Kier alpha value is -2.96. The van der Waals surface area contributed by atoms with Crippen molar-refractivity contribution in [3.8, 4) is 11.5 Å². The lowest BCUT2D eigenvalue weighted by molar-refractivity contribution is 0.568. The molecule has 7 heteroatoms. The van der Waals surface area contributed by atoms with Gasteiger partial charge >= 0.3 is 0 Å². The normalized spacial score (nSPS) is 11.2. The van der Waals surface area contributed by atoms with Gasteiger partial charge in [-0.2, -0.15) is 0 Å². The lowest BCUT2D eigenvalue weighted by Crippen LogP contribution is -2.13. The Morgan fingerprint density at radius 1 is 1.48 bits per heavy atom. The second-order valence-electron chi connectivity index (χ2n) is 4.22. The zero-order valence-corrected chi connectivity index (χ0v) is 11.6. The van der Waals surface area contributed by atoms with Gasteiger partial charge in [0.1, 0.15) is 0 Å². The number of nitrogens with one attached hydrogen (secondary N) is 3. The van der Waals surface area contributed by atoms with Crippen molar-refractivity contribution in [1.29, 1.82) is 10.8 Å². The summed E-state index contributed by atoms with van der Waals surface area (Å²) < 4.78 is 5.14. The fourth-order valence-corrected chi connectivity index (χ4v) is 1.76.